The maximum Gasteiger partial charge on any atom is 0.271 e. The summed E-state index contributed by atoms with van der Waals surface area (Å²) in [7, 11) is 0. The van der Waals surface area contributed by atoms with E-state index in [1.165, 1.54) is 6.20 Å². The number of nitrogens with two attached hydrogens (primary N) is 1. The largest absolute Gasteiger partial charge is 0.346 e. The van der Waals surface area contributed by atoms with Crippen molar-refractivity contribution in [1.29, 1.82) is 0 Å². The summed E-state index contributed by atoms with van der Waals surface area (Å²) in [5.41, 5.74) is 5.93. The molecular formula is C12H18N4O2. The minimum Gasteiger partial charge on any atom is -0.346 e. The molecule has 1 aromatic rings. The summed E-state index contributed by atoms with van der Waals surface area (Å²) in [6.45, 7) is 0. The predicted octanol–water partition coefficient (Wildman–Crippen LogP) is 0.160. The molecule has 1 saturated carbocycles. The van der Waals surface area contributed by atoms with Crippen LogP contribution in [0.5, 0.6) is 0 Å². The van der Waals surface area contributed by atoms with Gasteiger partial charge in [-0.2, -0.15) is 0 Å². The van der Waals surface area contributed by atoms with E-state index < -0.39 is 0 Å². The van der Waals surface area contributed by atoms with Gasteiger partial charge in [-0.3, -0.25) is 9.59 Å². The molecule has 4 N–H and O–H groups in total. The van der Waals surface area contributed by atoms with Crippen LogP contribution in [0.3, 0.4) is 0 Å². The lowest BCUT2D eigenvalue weighted by Crippen LogP contribution is -2.47. The van der Waals surface area contributed by atoms with E-state index in [4.69, 9.17) is 5.73 Å². The van der Waals surface area contributed by atoms with Crippen molar-refractivity contribution >= 4 is 5.91 Å². The van der Waals surface area contributed by atoms with Crippen molar-refractivity contribution in [3.8, 4) is 0 Å². The summed E-state index contributed by atoms with van der Waals surface area (Å²) in [6, 6.07) is -0.00654. The molecule has 1 amide bonds. The van der Waals surface area contributed by atoms with Crippen molar-refractivity contribution < 1.29 is 4.79 Å². The third kappa shape index (κ3) is 3.16. The molecule has 98 valence electrons. The number of nitrogens with zero attached hydrogens (tertiary/aromatic N) is 1. The maximum absolute atomic E-state index is 11.9. The number of hydrogen-bond acceptors (Lipinski definition) is 4. The Bertz CT molecular complexity index is 451. The predicted molar refractivity (Wildman–Crippen MR) is 67.2 cm³/mol. The average Bonchev–Trinajstić information content (AvgIpc) is 2.56. The van der Waals surface area contributed by atoms with E-state index in [2.05, 4.69) is 15.3 Å². The topological polar surface area (TPSA) is 101 Å². The second-order valence-electron chi connectivity index (χ2n) is 4.68. The van der Waals surface area contributed by atoms with E-state index in [1.54, 1.807) is 0 Å². The molecule has 18 heavy (non-hydrogen) atoms. The molecule has 6 heteroatoms. The number of hydrogen-bond donors (Lipinski definition) is 3. The van der Waals surface area contributed by atoms with Crippen molar-refractivity contribution in [2.24, 2.45) is 5.73 Å². The number of aromatic nitrogens is 2. The van der Waals surface area contributed by atoms with Gasteiger partial charge in [0.05, 0.1) is 6.20 Å². The normalized spacial score (nSPS) is 24.3. The highest BCUT2D eigenvalue weighted by Gasteiger charge is 2.22. The van der Waals surface area contributed by atoms with Crippen LogP contribution in [-0.2, 0) is 0 Å². The molecule has 1 aliphatic rings. The van der Waals surface area contributed by atoms with Crippen LogP contribution in [0.2, 0.25) is 0 Å². The number of amides is 1. The van der Waals surface area contributed by atoms with E-state index in [1.807, 2.05) is 0 Å². The molecule has 1 aromatic heterocycles. The van der Waals surface area contributed by atoms with Gasteiger partial charge in [-0.1, -0.05) is 19.3 Å². The lowest BCUT2D eigenvalue weighted by atomic mass is 10.0. The summed E-state index contributed by atoms with van der Waals surface area (Å²) in [4.78, 5) is 29.0. The number of aromatic amines is 1. The first-order chi connectivity index (χ1) is 8.66. The van der Waals surface area contributed by atoms with Gasteiger partial charge < -0.3 is 16.0 Å². The van der Waals surface area contributed by atoms with E-state index in [0.29, 0.717) is 0 Å². The summed E-state index contributed by atoms with van der Waals surface area (Å²) in [6.07, 6.45) is 7.61. The van der Waals surface area contributed by atoms with Crippen molar-refractivity contribution in [2.45, 2.75) is 44.2 Å². The van der Waals surface area contributed by atoms with Gasteiger partial charge in [0.2, 0.25) is 0 Å². The first kappa shape index (κ1) is 12.8. The summed E-state index contributed by atoms with van der Waals surface area (Å²) < 4.78 is 0. The van der Waals surface area contributed by atoms with Crippen LogP contribution in [-0.4, -0.2) is 28.0 Å². The molecule has 2 atom stereocenters. The summed E-state index contributed by atoms with van der Waals surface area (Å²) >= 11 is 0. The molecule has 6 nitrogen and oxygen atoms in total. The van der Waals surface area contributed by atoms with Gasteiger partial charge in [0, 0.05) is 18.3 Å². The molecule has 0 aromatic carbocycles. The van der Waals surface area contributed by atoms with E-state index in [0.717, 1.165) is 38.3 Å². The molecule has 0 bridgehead atoms. The summed E-state index contributed by atoms with van der Waals surface area (Å²) in [5, 5.41) is 2.90. The lowest BCUT2D eigenvalue weighted by Gasteiger charge is -2.22. The first-order valence-electron chi connectivity index (χ1n) is 6.28. The Kier molecular flexibility index (Phi) is 4.09. The molecule has 0 saturated heterocycles. The van der Waals surface area contributed by atoms with Crippen LogP contribution >= 0.6 is 0 Å². The maximum atomic E-state index is 11.9. The standard InChI is InChI=1S/C12H18N4O2/c13-8-4-2-1-3-5-9(8)16-12(18)10-6-15-11(17)7-14-10/h6-9H,1-5,13H2,(H,15,17)(H,16,18). The highest BCUT2D eigenvalue weighted by Crippen LogP contribution is 2.16. The fourth-order valence-electron chi connectivity index (χ4n) is 2.22. The molecule has 0 aliphatic heterocycles. The molecular weight excluding hydrogens is 232 g/mol. The fraction of sp³-hybridized carbons (Fsp3) is 0.583. The van der Waals surface area contributed by atoms with Crippen molar-refractivity contribution in [1.82, 2.24) is 15.3 Å². The van der Waals surface area contributed by atoms with Crippen molar-refractivity contribution in [3.05, 3.63) is 28.4 Å². The molecule has 1 heterocycles. The van der Waals surface area contributed by atoms with Crippen LogP contribution in [0.4, 0.5) is 0 Å². The Morgan fingerprint density at radius 2 is 2.17 bits per heavy atom. The lowest BCUT2D eigenvalue weighted by molar-refractivity contribution is 0.0923. The van der Waals surface area contributed by atoms with Gasteiger partial charge in [-0.05, 0) is 12.8 Å². The number of carbonyl (C=O) groups excluding carboxylic acids is 1. The number of nitrogens with one attached hydrogen (secondary N) is 2. The first-order valence-corrected chi connectivity index (χ1v) is 6.28. The fourth-order valence-corrected chi connectivity index (χ4v) is 2.22. The zero-order valence-electron chi connectivity index (χ0n) is 10.2. The van der Waals surface area contributed by atoms with Gasteiger partial charge in [-0.25, -0.2) is 4.98 Å². The number of rotatable bonds is 2. The highest BCUT2D eigenvalue weighted by atomic mass is 16.2. The van der Waals surface area contributed by atoms with Crippen LogP contribution in [0.15, 0.2) is 17.2 Å². The van der Waals surface area contributed by atoms with Crippen LogP contribution in [0.25, 0.3) is 0 Å². The minimum atomic E-state index is -0.322. The second-order valence-corrected chi connectivity index (χ2v) is 4.68. The van der Waals surface area contributed by atoms with Gasteiger partial charge in [0.1, 0.15) is 5.69 Å². The van der Waals surface area contributed by atoms with E-state index in [9.17, 15) is 9.59 Å². The molecule has 1 fully saturated rings. The Labute approximate surface area is 105 Å². The molecule has 2 rings (SSSR count). The number of H-pyrrole nitrogens is 1. The van der Waals surface area contributed by atoms with Crippen molar-refractivity contribution in [3.63, 3.8) is 0 Å². The zero-order valence-corrected chi connectivity index (χ0v) is 10.2. The van der Waals surface area contributed by atoms with E-state index in [-0.39, 0.29) is 29.2 Å². The van der Waals surface area contributed by atoms with Crippen LogP contribution in [0, 0.1) is 0 Å². The van der Waals surface area contributed by atoms with Gasteiger partial charge in [-0.15, -0.1) is 0 Å². The van der Waals surface area contributed by atoms with Crippen LogP contribution < -0.4 is 16.6 Å². The Balaban J connectivity index is 2.01. The molecule has 0 spiro atoms. The SMILES string of the molecule is NC1CCCCCC1NC(=O)c1c[nH]c(=O)cn1. The third-order valence-corrected chi connectivity index (χ3v) is 3.29. The molecule has 1 aliphatic carbocycles. The Morgan fingerprint density at radius 3 is 2.89 bits per heavy atom. The smallest absolute Gasteiger partial charge is 0.271 e. The Hall–Kier alpha value is -1.69. The second kappa shape index (κ2) is 5.77. The molecule has 0 radical (unpaired) electrons. The average molecular weight is 250 g/mol. The molecule has 2 unspecified atom stereocenters. The van der Waals surface area contributed by atoms with Gasteiger partial charge >= 0.3 is 0 Å². The number of carbonyl (C=O) groups is 1. The highest BCUT2D eigenvalue weighted by molar-refractivity contribution is 5.92. The van der Waals surface area contributed by atoms with Crippen LogP contribution in [0.1, 0.15) is 42.6 Å². The monoisotopic (exact) mass is 250 g/mol. The Morgan fingerprint density at radius 1 is 1.39 bits per heavy atom. The van der Waals surface area contributed by atoms with E-state index >= 15 is 0 Å². The van der Waals surface area contributed by atoms with Gasteiger partial charge in [0.25, 0.3) is 11.5 Å². The zero-order chi connectivity index (χ0) is 13.0. The van der Waals surface area contributed by atoms with Gasteiger partial charge in [0.15, 0.2) is 0 Å². The third-order valence-electron chi connectivity index (χ3n) is 3.29. The quantitative estimate of drug-likeness (QED) is 0.651. The van der Waals surface area contributed by atoms with Crippen molar-refractivity contribution in [2.75, 3.05) is 0 Å². The summed E-state index contributed by atoms with van der Waals surface area (Å²) in [5.74, 6) is -0.284. The minimum absolute atomic E-state index is 0.000730.